The zero-order valence-corrected chi connectivity index (χ0v) is 13.4. The number of rotatable bonds is 2. The van der Waals surface area contributed by atoms with Gasteiger partial charge in [-0.3, -0.25) is 9.36 Å². The van der Waals surface area contributed by atoms with Crippen LogP contribution in [0.5, 0.6) is 0 Å². The van der Waals surface area contributed by atoms with E-state index in [1.807, 2.05) is 11.9 Å². The molecule has 0 fully saturated rings. The molecule has 2 atom stereocenters. The minimum Gasteiger partial charge on any atom is -0.342 e. The number of carbonyl (C=O) groups is 1. The summed E-state index contributed by atoms with van der Waals surface area (Å²) in [5.41, 5.74) is -0.0537. The van der Waals surface area contributed by atoms with E-state index < -0.39 is 0 Å². The smallest absolute Gasteiger partial charge is 0.342 e. The molecule has 1 aliphatic carbocycles. The minimum absolute atomic E-state index is 0.0537. The van der Waals surface area contributed by atoms with E-state index in [9.17, 15) is 9.59 Å². The highest BCUT2D eigenvalue weighted by Gasteiger charge is 2.29. The average molecular weight is 304 g/mol. The number of hydrogen-bond donors (Lipinski definition) is 0. The Morgan fingerprint density at radius 3 is 2.86 bits per heavy atom. The number of carbonyl (C=O) groups excluding carboxylic acids is 1. The molecule has 22 heavy (non-hydrogen) atoms. The molecule has 2 heterocycles. The molecular weight excluding hydrogens is 280 g/mol. The molecule has 1 amide bonds. The van der Waals surface area contributed by atoms with E-state index in [0.717, 1.165) is 44.3 Å². The fourth-order valence-corrected chi connectivity index (χ4v) is 3.56. The quantitative estimate of drug-likeness (QED) is 0.769. The topological polar surface area (TPSA) is 60.1 Å². The fourth-order valence-electron chi connectivity index (χ4n) is 3.56. The van der Waals surface area contributed by atoms with Crippen LogP contribution in [0, 0.1) is 5.92 Å². The van der Waals surface area contributed by atoms with Crippen molar-refractivity contribution in [1.82, 2.24) is 19.2 Å². The Labute approximate surface area is 130 Å². The van der Waals surface area contributed by atoms with Crippen LogP contribution in [-0.2, 0) is 24.8 Å². The Morgan fingerprint density at radius 2 is 2.14 bits per heavy atom. The highest BCUT2D eigenvalue weighted by Crippen LogP contribution is 2.23. The van der Waals surface area contributed by atoms with Crippen LogP contribution in [0.15, 0.2) is 16.9 Å². The molecule has 0 N–H and O–H groups in total. The number of amides is 1. The van der Waals surface area contributed by atoms with E-state index >= 15 is 0 Å². The van der Waals surface area contributed by atoms with Gasteiger partial charge >= 0.3 is 5.69 Å². The van der Waals surface area contributed by atoms with Crippen molar-refractivity contribution in [2.24, 2.45) is 13.0 Å². The summed E-state index contributed by atoms with van der Waals surface area (Å²) < 4.78 is 3.15. The zero-order chi connectivity index (χ0) is 15.7. The molecule has 0 saturated carbocycles. The molecule has 0 aromatic carbocycles. The lowest BCUT2D eigenvalue weighted by Crippen LogP contribution is -2.41. The van der Waals surface area contributed by atoms with Gasteiger partial charge in [0.05, 0.1) is 0 Å². The van der Waals surface area contributed by atoms with Crippen molar-refractivity contribution >= 4 is 5.91 Å². The number of nitrogens with zero attached hydrogens (tertiary/aromatic N) is 4. The number of aromatic nitrogens is 3. The molecule has 120 valence electrons. The van der Waals surface area contributed by atoms with Crippen molar-refractivity contribution in [2.45, 2.75) is 51.1 Å². The lowest BCUT2D eigenvalue weighted by Gasteiger charge is -2.31. The van der Waals surface area contributed by atoms with E-state index in [-0.39, 0.29) is 23.6 Å². The Kier molecular flexibility index (Phi) is 4.18. The molecule has 0 radical (unpaired) electrons. The average Bonchev–Trinajstić information content (AvgIpc) is 2.71. The second-order valence-corrected chi connectivity index (χ2v) is 6.39. The van der Waals surface area contributed by atoms with Gasteiger partial charge in [0.25, 0.3) is 0 Å². The standard InChI is InChI=1S/C16H24N4O2/c1-18(15(21)12-6-4-3-5-7-12)13-8-9-14-17-19(2)16(22)20(14)11-10-13/h3-4,12-13H,5-11H2,1-2H3. The third kappa shape index (κ3) is 2.74. The first-order valence-corrected chi connectivity index (χ1v) is 8.12. The van der Waals surface area contributed by atoms with Crippen LogP contribution in [-0.4, -0.2) is 38.2 Å². The van der Waals surface area contributed by atoms with E-state index in [0.29, 0.717) is 6.54 Å². The molecule has 2 aliphatic rings. The summed E-state index contributed by atoms with van der Waals surface area (Å²) in [6.45, 7) is 0.648. The largest absolute Gasteiger partial charge is 0.345 e. The van der Waals surface area contributed by atoms with Crippen LogP contribution in [0.2, 0.25) is 0 Å². The maximum absolute atomic E-state index is 12.6. The summed E-state index contributed by atoms with van der Waals surface area (Å²) >= 11 is 0. The molecule has 6 nitrogen and oxygen atoms in total. The first-order chi connectivity index (χ1) is 10.6. The Hall–Kier alpha value is -1.85. The predicted molar refractivity (Wildman–Crippen MR) is 83.4 cm³/mol. The SMILES string of the molecule is CN(C(=O)C1CC=CCC1)C1CCc2nn(C)c(=O)n2CC1. The second kappa shape index (κ2) is 6.10. The molecule has 0 saturated heterocycles. The summed E-state index contributed by atoms with van der Waals surface area (Å²) in [6, 6.07) is 0.199. The van der Waals surface area contributed by atoms with Gasteiger partial charge in [-0.1, -0.05) is 12.2 Å². The predicted octanol–water partition coefficient (Wildman–Crippen LogP) is 1.10. The monoisotopic (exact) mass is 304 g/mol. The van der Waals surface area contributed by atoms with Gasteiger partial charge in [0, 0.05) is 39.0 Å². The van der Waals surface area contributed by atoms with Crippen LogP contribution >= 0.6 is 0 Å². The van der Waals surface area contributed by atoms with E-state index in [1.54, 1.807) is 11.6 Å². The third-order valence-electron chi connectivity index (χ3n) is 4.99. The van der Waals surface area contributed by atoms with Gasteiger partial charge in [-0.2, -0.15) is 5.10 Å². The molecule has 0 bridgehead atoms. The van der Waals surface area contributed by atoms with Crippen molar-refractivity contribution in [3.8, 4) is 0 Å². The normalized spacial score (nSPS) is 24.6. The maximum Gasteiger partial charge on any atom is 0.345 e. The molecule has 6 heteroatoms. The van der Waals surface area contributed by atoms with Crippen molar-refractivity contribution < 1.29 is 4.79 Å². The van der Waals surface area contributed by atoms with E-state index in [2.05, 4.69) is 17.3 Å². The molecule has 1 aromatic heterocycles. The van der Waals surface area contributed by atoms with Gasteiger partial charge in [-0.25, -0.2) is 9.48 Å². The zero-order valence-electron chi connectivity index (χ0n) is 13.4. The molecular formula is C16H24N4O2. The first-order valence-electron chi connectivity index (χ1n) is 8.12. The fraction of sp³-hybridized carbons (Fsp3) is 0.688. The molecule has 0 spiro atoms. The molecule has 3 rings (SSSR count). The summed E-state index contributed by atoms with van der Waals surface area (Å²) in [5, 5.41) is 4.29. The van der Waals surface area contributed by atoms with Gasteiger partial charge < -0.3 is 4.90 Å². The van der Waals surface area contributed by atoms with Crippen LogP contribution in [0.3, 0.4) is 0 Å². The summed E-state index contributed by atoms with van der Waals surface area (Å²) in [7, 11) is 3.60. The number of allylic oxidation sites excluding steroid dienone is 2. The highest BCUT2D eigenvalue weighted by atomic mass is 16.2. The van der Waals surface area contributed by atoms with Crippen molar-refractivity contribution in [1.29, 1.82) is 0 Å². The molecule has 1 aromatic rings. The van der Waals surface area contributed by atoms with Crippen LogP contribution < -0.4 is 5.69 Å². The lowest BCUT2D eigenvalue weighted by molar-refractivity contribution is -0.136. The second-order valence-electron chi connectivity index (χ2n) is 6.39. The van der Waals surface area contributed by atoms with Gasteiger partial charge in [0.1, 0.15) is 5.82 Å². The minimum atomic E-state index is -0.0537. The highest BCUT2D eigenvalue weighted by molar-refractivity contribution is 5.79. The Morgan fingerprint density at radius 1 is 1.32 bits per heavy atom. The van der Waals surface area contributed by atoms with E-state index in [4.69, 9.17) is 0 Å². The van der Waals surface area contributed by atoms with Crippen molar-refractivity contribution in [3.05, 3.63) is 28.5 Å². The van der Waals surface area contributed by atoms with Gasteiger partial charge in [-0.15, -0.1) is 0 Å². The Bertz CT molecular complexity index is 643. The summed E-state index contributed by atoms with van der Waals surface area (Å²) in [5.74, 6) is 1.22. The Balaban J connectivity index is 1.68. The van der Waals surface area contributed by atoms with Gasteiger partial charge in [0.15, 0.2) is 0 Å². The number of fused-ring (bicyclic) bond motifs is 1. The van der Waals surface area contributed by atoms with Crippen molar-refractivity contribution in [3.63, 3.8) is 0 Å². The summed E-state index contributed by atoms with van der Waals surface area (Å²) in [6.07, 6.45) is 9.54. The number of aryl methyl sites for hydroxylation is 2. The molecule has 1 aliphatic heterocycles. The maximum atomic E-state index is 12.6. The van der Waals surface area contributed by atoms with Gasteiger partial charge in [0.2, 0.25) is 5.91 Å². The van der Waals surface area contributed by atoms with E-state index in [1.165, 1.54) is 4.68 Å². The first kappa shape index (κ1) is 15.1. The third-order valence-corrected chi connectivity index (χ3v) is 4.99. The summed E-state index contributed by atoms with van der Waals surface area (Å²) in [4.78, 5) is 26.6. The number of hydrogen-bond acceptors (Lipinski definition) is 3. The van der Waals surface area contributed by atoms with Crippen LogP contribution in [0.25, 0.3) is 0 Å². The van der Waals surface area contributed by atoms with Crippen LogP contribution in [0.1, 0.15) is 37.9 Å². The van der Waals surface area contributed by atoms with Gasteiger partial charge in [-0.05, 0) is 32.1 Å². The molecule has 2 unspecified atom stereocenters. The van der Waals surface area contributed by atoms with Crippen LogP contribution in [0.4, 0.5) is 0 Å². The lowest BCUT2D eigenvalue weighted by atomic mass is 9.92. The van der Waals surface area contributed by atoms with Crippen molar-refractivity contribution in [2.75, 3.05) is 7.05 Å².